The van der Waals surface area contributed by atoms with Gasteiger partial charge in [0.1, 0.15) is 0 Å². The van der Waals surface area contributed by atoms with Gasteiger partial charge >= 0.3 is 0 Å². The van der Waals surface area contributed by atoms with Crippen LogP contribution in [0.4, 0.5) is 0 Å². The summed E-state index contributed by atoms with van der Waals surface area (Å²) in [6.45, 7) is 9.91. The minimum atomic E-state index is -3.22. The molecule has 0 unspecified atom stereocenters. The first-order valence-corrected chi connectivity index (χ1v) is 7.69. The molecule has 0 amide bonds. The van der Waals surface area contributed by atoms with Gasteiger partial charge in [-0.05, 0) is 27.7 Å². The first-order chi connectivity index (χ1) is 7.76. The number of hydrogen-bond acceptors (Lipinski definition) is 4. The van der Waals surface area contributed by atoms with Gasteiger partial charge in [-0.15, -0.1) is 0 Å². The van der Waals surface area contributed by atoms with Gasteiger partial charge in [0.2, 0.25) is 10.0 Å². The van der Waals surface area contributed by atoms with Crippen LogP contribution in [0.1, 0.15) is 27.7 Å². The fourth-order valence-electron chi connectivity index (χ4n) is 1.98. The van der Waals surface area contributed by atoms with Crippen molar-refractivity contribution in [2.45, 2.75) is 39.3 Å². The van der Waals surface area contributed by atoms with Gasteiger partial charge in [0, 0.05) is 25.2 Å². The number of rotatable bonds is 5. The van der Waals surface area contributed by atoms with Crippen LogP contribution in [-0.4, -0.2) is 56.4 Å². The molecule has 0 aliphatic carbocycles. The normalized spacial score (nSPS) is 21.9. The summed E-state index contributed by atoms with van der Waals surface area (Å²) in [6.07, 6.45) is 0.0706. The number of nitrogens with one attached hydrogen (secondary N) is 1. The highest BCUT2D eigenvalue weighted by Gasteiger charge is 2.37. The van der Waals surface area contributed by atoms with E-state index < -0.39 is 10.0 Å². The number of sulfonamides is 1. The Labute approximate surface area is 105 Å². The predicted octanol–water partition coefficient (Wildman–Crippen LogP) is 0.425. The van der Waals surface area contributed by atoms with Crippen molar-refractivity contribution in [1.82, 2.24) is 9.62 Å². The third kappa shape index (κ3) is 4.21. The van der Waals surface area contributed by atoms with Crippen molar-refractivity contribution in [1.29, 1.82) is 0 Å². The van der Waals surface area contributed by atoms with Gasteiger partial charge in [-0.3, -0.25) is 0 Å². The summed E-state index contributed by atoms with van der Waals surface area (Å²) in [6, 6.07) is 0. The van der Waals surface area contributed by atoms with Crippen molar-refractivity contribution in [3.05, 3.63) is 0 Å². The molecule has 0 aromatic carbocycles. The fraction of sp³-hybridized carbons (Fsp3) is 1.00. The molecule has 102 valence electrons. The van der Waals surface area contributed by atoms with Crippen molar-refractivity contribution >= 4 is 10.0 Å². The Hall–Kier alpha value is -0.170. The minimum Gasteiger partial charge on any atom is -0.378 e. The second kappa shape index (κ2) is 5.65. The summed E-state index contributed by atoms with van der Waals surface area (Å²) >= 11 is 0. The summed E-state index contributed by atoms with van der Waals surface area (Å²) in [7, 11) is -3.22. The van der Waals surface area contributed by atoms with Crippen molar-refractivity contribution < 1.29 is 13.2 Å². The van der Waals surface area contributed by atoms with Crippen LogP contribution < -0.4 is 5.32 Å². The lowest BCUT2D eigenvalue weighted by atomic mass is 10.0. The molecule has 0 radical (unpaired) electrons. The van der Waals surface area contributed by atoms with E-state index in [1.165, 1.54) is 0 Å². The van der Waals surface area contributed by atoms with E-state index in [9.17, 15) is 8.42 Å². The molecule has 0 atom stereocenters. The molecule has 1 fully saturated rings. The zero-order valence-corrected chi connectivity index (χ0v) is 12.0. The SMILES string of the molecule is CC(C)OCCS(=O)(=O)N1CCNCC1(C)C. The molecule has 5 nitrogen and oxygen atoms in total. The van der Waals surface area contributed by atoms with E-state index in [1.807, 2.05) is 27.7 Å². The molecule has 0 bridgehead atoms. The predicted molar refractivity (Wildman–Crippen MR) is 68.5 cm³/mol. The number of nitrogens with zero attached hydrogens (tertiary/aromatic N) is 1. The highest BCUT2D eigenvalue weighted by molar-refractivity contribution is 7.89. The standard InChI is InChI=1S/C11H24N2O3S/c1-10(2)16-7-8-17(14,15)13-6-5-12-9-11(13,3)4/h10,12H,5-9H2,1-4H3. The molecule has 0 spiro atoms. The Morgan fingerprint density at radius 2 is 2.06 bits per heavy atom. The summed E-state index contributed by atoms with van der Waals surface area (Å²) in [4.78, 5) is 0. The maximum Gasteiger partial charge on any atom is 0.216 e. The zero-order chi connectivity index (χ0) is 13.1. The second-order valence-corrected chi connectivity index (χ2v) is 7.31. The molecule has 17 heavy (non-hydrogen) atoms. The van der Waals surface area contributed by atoms with Crippen molar-refractivity contribution in [2.75, 3.05) is 32.0 Å². The van der Waals surface area contributed by atoms with E-state index in [0.29, 0.717) is 19.6 Å². The van der Waals surface area contributed by atoms with Crippen LogP contribution in [0.15, 0.2) is 0 Å². The Morgan fingerprint density at radius 3 is 2.59 bits per heavy atom. The smallest absolute Gasteiger partial charge is 0.216 e. The van der Waals surface area contributed by atoms with Crippen molar-refractivity contribution in [3.63, 3.8) is 0 Å². The van der Waals surface area contributed by atoms with Crippen LogP contribution in [0.5, 0.6) is 0 Å². The number of ether oxygens (including phenoxy) is 1. The average molecular weight is 264 g/mol. The third-order valence-corrected chi connectivity index (χ3v) is 4.88. The maximum absolute atomic E-state index is 12.2. The van der Waals surface area contributed by atoms with Crippen LogP contribution in [-0.2, 0) is 14.8 Å². The van der Waals surface area contributed by atoms with Gasteiger partial charge in [0.25, 0.3) is 0 Å². The Morgan fingerprint density at radius 1 is 1.41 bits per heavy atom. The van der Waals surface area contributed by atoms with Crippen molar-refractivity contribution in [3.8, 4) is 0 Å². The Bertz CT molecular complexity index is 339. The molecule has 1 saturated heterocycles. The first kappa shape index (κ1) is 14.9. The van der Waals surface area contributed by atoms with E-state index in [0.717, 1.165) is 0 Å². The van der Waals surface area contributed by atoms with Crippen LogP contribution in [0.2, 0.25) is 0 Å². The molecular weight excluding hydrogens is 240 g/mol. The number of hydrogen-bond donors (Lipinski definition) is 1. The van der Waals surface area contributed by atoms with E-state index in [4.69, 9.17) is 4.74 Å². The molecule has 0 saturated carbocycles. The lowest BCUT2D eigenvalue weighted by Gasteiger charge is -2.41. The molecule has 1 rings (SSSR count). The second-order valence-electron chi connectivity index (χ2n) is 5.30. The summed E-state index contributed by atoms with van der Waals surface area (Å²) in [5.41, 5.74) is -0.352. The van der Waals surface area contributed by atoms with Gasteiger partial charge in [-0.25, -0.2) is 8.42 Å². The van der Waals surface area contributed by atoms with Gasteiger partial charge in [-0.1, -0.05) is 0 Å². The van der Waals surface area contributed by atoms with Gasteiger partial charge in [0.15, 0.2) is 0 Å². The molecular formula is C11H24N2O3S. The topological polar surface area (TPSA) is 58.6 Å². The molecule has 1 aliphatic rings. The highest BCUT2D eigenvalue weighted by atomic mass is 32.2. The molecule has 0 aromatic rings. The van der Waals surface area contributed by atoms with Gasteiger partial charge < -0.3 is 10.1 Å². The first-order valence-electron chi connectivity index (χ1n) is 6.08. The van der Waals surface area contributed by atoms with E-state index in [2.05, 4.69) is 5.32 Å². The number of piperazine rings is 1. The molecule has 0 aromatic heterocycles. The van der Waals surface area contributed by atoms with E-state index >= 15 is 0 Å². The average Bonchev–Trinajstić information content (AvgIpc) is 2.15. The Kier molecular flexibility index (Phi) is 4.95. The molecule has 1 aliphatic heterocycles. The summed E-state index contributed by atoms with van der Waals surface area (Å²) in [5.74, 6) is 0.0641. The summed E-state index contributed by atoms with van der Waals surface area (Å²) in [5, 5.41) is 3.21. The third-order valence-electron chi connectivity index (χ3n) is 2.85. The van der Waals surface area contributed by atoms with Crippen LogP contribution in [0, 0.1) is 0 Å². The lowest BCUT2D eigenvalue weighted by Crippen LogP contribution is -2.60. The Balaban J connectivity index is 2.62. The van der Waals surface area contributed by atoms with Gasteiger partial charge in [-0.2, -0.15) is 4.31 Å². The van der Waals surface area contributed by atoms with Crippen molar-refractivity contribution in [2.24, 2.45) is 0 Å². The summed E-state index contributed by atoms with van der Waals surface area (Å²) < 4.78 is 31.3. The van der Waals surface area contributed by atoms with E-state index in [-0.39, 0.29) is 24.0 Å². The van der Waals surface area contributed by atoms with Crippen LogP contribution in [0.3, 0.4) is 0 Å². The van der Waals surface area contributed by atoms with Crippen LogP contribution in [0.25, 0.3) is 0 Å². The zero-order valence-electron chi connectivity index (χ0n) is 11.2. The minimum absolute atomic E-state index is 0.0641. The van der Waals surface area contributed by atoms with Gasteiger partial charge in [0.05, 0.1) is 18.5 Å². The highest BCUT2D eigenvalue weighted by Crippen LogP contribution is 2.20. The fourth-order valence-corrected chi connectivity index (χ4v) is 3.69. The quantitative estimate of drug-likeness (QED) is 0.782. The molecule has 1 heterocycles. The lowest BCUT2D eigenvalue weighted by molar-refractivity contribution is 0.0896. The molecule has 6 heteroatoms. The largest absolute Gasteiger partial charge is 0.378 e. The van der Waals surface area contributed by atoms with E-state index in [1.54, 1.807) is 4.31 Å². The monoisotopic (exact) mass is 264 g/mol. The molecule has 1 N–H and O–H groups in total. The van der Waals surface area contributed by atoms with Crippen LogP contribution >= 0.6 is 0 Å². The maximum atomic E-state index is 12.2.